The van der Waals surface area contributed by atoms with Crippen LogP contribution in [0.3, 0.4) is 0 Å². The number of ether oxygens (including phenoxy) is 3. The van der Waals surface area contributed by atoms with E-state index < -0.39 is 21.9 Å². The van der Waals surface area contributed by atoms with Gasteiger partial charge in [-0.2, -0.15) is 4.31 Å². The van der Waals surface area contributed by atoms with Gasteiger partial charge in [0, 0.05) is 38.7 Å². The van der Waals surface area contributed by atoms with Crippen LogP contribution in [0.2, 0.25) is 0 Å². The van der Waals surface area contributed by atoms with E-state index in [0.29, 0.717) is 50.6 Å². The second kappa shape index (κ2) is 11.0. The van der Waals surface area contributed by atoms with E-state index in [9.17, 15) is 18.0 Å². The summed E-state index contributed by atoms with van der Waals surface area (Å²) in [5.41, 5.74) is 0.846. The Morgan fingerprint density at radius 1 is 1.18 bits per heavy atom. The van der Waals surface area contributed by atoms with Crippen molar-refractivity contribution in [2.45, 2.75) is 38.0 Å². The molecular weight excluding hydrogens is 448 g/mol. The molecule has 0 aliphatic carbocycles. The largest absolute Gasteiger partial charge is 0.490 e. The number of piperidine rings is 1. The van der Waals surface area contributed by atoms with Gasteiger partial charge >= 0.3 is 5.97 Å². The number of sulfonamides is 1. The van der Waals surface area contributed by atoms with Gasteiger partial charge in [-0.1, -0.05) is 12.2 Å². The number of hydrogen-bond acceptors (Lipinski definition) is 7. The van der Waals surface area contributed by atoms with Crippen molar-refractivity contribution in [1.29, 1.82) is 0 Å². The average molecular weight is 481 g/mol. The monoisotopic (exact) mass is 480 g/mol. The van der Waals surface area contributed by atoms with E-state index in [1.165, 1.54) is 16.4 Å². The average Bonchev–Trinajstić information content (AvgIpc) is 3.05. The Balaban J connectivity index is 1.54. The first kappa shape index (κ1) is 25.0. The summed E-state index contributed by atoms with van der Waals surface area (Å²) < 4.78 is 44.0. The number of esters is 1. The van der Waals surface area contributed by atoms with Gasteiger partial charge in [0.25, 0.3) is 5.91 Å². The van der Waals surface area contributed by atoms with Crippen LogP contribution in [0, 0.1) is 5.92 Å². The van der Waals surface area contributed by atoms with Gasteiger partial charge in [-0.05, 0) is 38.8 Å². The first-order chi connectivity index (χ1) is 15.7. The fraction of sp³-hybridized carbons (Fsp3) is 0.565. The lowest BCUT2D eigenvalue weighted by molar-refractivity contribution is -0.156. The highest BCUT2D eigenvalue weighted by atomic mass is 32.2. The summed E-state index contributed by atoms with van der Waals surface area (Å²) in [6.07, 6.45) is 1.40. The standard InChI is InChI=1S/C23H32N2O7S/c1-4-24(15-17(2)3)22(26)16-32-23(27)18-8-10-25(11-9-18)33(28,29)19-6-7-20-21(14-19)31-13-5-12-30-20/h6-7,14,18H,2,4-5,8-13,15-16H2,1,3H3. The first-order valence-electron chi connectivity index (χ1n) is 11.2. The zero-order chi connectivity index (χ0) is 24.0. The molecule has 0 unspecified atom stereocenters. The molecule has 33 heavy (non-hydrogen) atoms. The molecule has 0 aromatic heterocycles. The van der Waals surface area contributed by atoms with Crippen LogP contribution in [0.5, 0.6) is 11.5 Å². The summed E-state index contributed by atoms with van der Waals surface area (Å²) in [4.78, 5) is 26.4. The summed E-state index contributed by atoms with van der Waals surface area (Å²) in [7, 11) is -3.73. The van der Waals surface area contributed by atoms with Gasteiger partial charge in [0.1, 0.15) is 0 Å². The lowest BCUT2D eigenvalue weighted by Crippen LogP contribution is -2.41. The zero-order valence-electron chi connectivity index (χ0n) is 19.2. The Kier molecular flexibility index (Phi) is 8.36. The molecule has 9 nitrogen and oxygen atoms in total. The van der Waals surface area contributed by atoms with Crippen LogP contribution in [0.25, 0.3) is 0 Å². The molecule has 0 spiro atoms. The normalized spacial score (nSPS) is 17.2. The maximum absolute atomic E-state index is 13.1. The highest BCUT2D eigenvalue weighted by Crippen LogP contribution is 2.33. The third-order valence-electron chi connectivity index (χ3n) is 5.68. The molecule has 0 radical (unpaired) electrons. The molecule has 1 amide bonds. The van der Waals surface area contributed by atoms with Crippen LogP contribution >= 0.6 is 0 Å². The van der Waals surface area contributed by atoms with Crippen LogP contribution in [0.15, 0.2) is 35.2 Å². The molecule has 10 heteroatoms. The Morgan fingerprint density at radius 2 is 1.85 bits per heavy atom. The molecule has 1 aromatic rings. The minimum atomic E-state index is -3.73. The number of hydrogen-bond donors (Lipinski definition) is 0. The Hall–Kier alpha value is -2.59. The molecule has 1 saturated heterocycles. The topological polar surface area (TPSA) is 102 Å². The van der Waals surface area contributed by atoms with E-state index >= 15 is 0 Å². The van der Waals surface area contributed by atoms with Crippen LogP contribution in [-0.4, -0.2) is 75.5 Å². The minimum Gasteiger partial charge on any atom is -0.490 e. The zero-order valence-corrected chi connectivity index (χ0v) is 20.1. The smallest absolute Gasteiger partial charge is 0.309 e. The molecule has 1 fully saturated rings. The third kappa shape index (κ3) is 6.26. The lowest BCUT2D eigenvalue weighted by atomic mass is 9.98. The SMILES string of the molecule is C=C(C)CN(CC)C(=O)COC(=O)C1CCN(S(=O)(=O)c2ccc3c(c2)OCCCO3)CC1. The van der Waals surface area contributed by atoms with Crippen molar-refractivity contribution in [3.8, 4) is 11.5 Å². The van der Waals surface area contributed by atoms with Gasteiger partial charge < -0.3 is 19.1 Å². The van der Waals surface area contributed by atoms with Gasteiger partial charge in [0.15, 0.2) is 18.1 Å². The number of benzene rings is 1. The summed E-state index contributed by atoms with van der Waals surface area (Å²) in [5, 5.41) is 0. The van der Waals surface area contributed by atoms with E-state index in [2.05, 4.69) is 6.58 Å². The Labute approximate surface area is 195 Å². The summed E-state index contributed by atoms with van der Waals surface area (Å²) in [5.74, 6) is -0.230. The van der Waals surface area contributed by atoms with Gasteiger partial charge in [-0.25, -0.2) is 8.42 Å². The molecule has 2 aliphatic heterocycles. The Morgan fingerprint density at radius 3 is 2.48 bits per heavy atom. The molecule has 182 valence electrons. The van der Waals surface area contributed by atoms with Crippen LogP contribution in [-0.2, 0) is 24.3 Å². The summed E-state index contributed by atoms with van der Waals surface area (Å²) in [6.45, 7) is 9.46. The molecule has 2 heterocycles. The Bertz CT molecular complexity index is 985. The molecule has 2 aliphatic rings. The molecule has 0 saturated carbocycles. The van der Waals surface area contributed by atoms with E-state index in [-0.39, 0.29) is 30.5 Å². The van der Waals surface area contributed by atoms with Crippen molar-refractivity contribution in [3.63, 3.8) is 0 Å². The van der Waals surface area contributed by atoms with E-state index in [1.807, 2.05) is 13.8 Å². The number of likely N-dealkylation sites (N-methyl/N-ethyl adjacent to an activating group) is 1. The van der Waals surface area contributed by atoms with Gasteiger partial charge in [-0.3, -0.25) is 9.59 Å². The van der Waals surface area contributed by atoms with Crippen LogP contribution < -0.4 is 9.47 Å². The molecule has 0 bridgehead atoms. The van der Waals surface area contributed by atoms with Gasteiger partial charge in [0.2, 0.25) is 10.0 Å². The van der Waals surface area contributed by atoms with Crippen molar-refractivity contribution in [2.75, 3.05) is 46.0 Å². The second-order valence-corrected chi connectivity index (χ2v) is 10.2. The highest BCUT2D eigenvalue weighted by Gasteiger charge is 2.33. The molecule has 3 rings (SSSR count). The molecular formula is C23H32N2O7S. The number of nitrogens with zero attached hydrogens (tertiary/aromatic N) is 2. The summed E-state index contributed by atoms with van der Waals surface area (Å²) in [6, 6.07) is 4.62. The predicted octanol–water partition coefficient (Wildman–Crippen LogP) is 2.22. The van der Waals surface area contributed by atoms with E-state index in [0.717, 1.165) is 12.0 Å². The predicted molar refractivity (Wildman–Crippen MR) is 122 cm³/mol. The highest BCUT2D eigenvalue weighted by molar-refractivity contribution is 7.89. The maximum Gasteiger partial charge on any atom is 0.309 e. The maximum atomic E-state index is 13.1. The van der Waals surface area contributed by atoms with Crippen molar-refractivity contribution in [3.05, 3.63) is 30.4 Å². The molecule has 1 aromatic carbocycles. The quantitative estimate of drug-likeness (QED) is 0.415. The van der Waals surface area contributed by atoms with E-state index in [1.54, 1.807) is 11.0 Å². The van der Waals surface area contributed by atoms with Crippen LogP contribution in [0.4, 0.5) is 0 Å². The van der Waals surface area contributed by atoms with Gasteiger partial charge in [0.05, 0.1) is 24.0 Å². The van der Waals surface area contributed by atoms with Crippen molar-refractivity contribution in [1.82, 2.24) is 9.21 Å². The number of fused-ring (bicyclic) bond motifs is 1. The third-order valence-corrected chi connectivity index (χ3v) is 7.57. The molecule has 0 N–H and O–H groups in total. The van der Waals surface area contributed by atoms with Crippen molar-refractivity contribution >= 4 is 21.9 Å². The van der Waals surface area contributed by atoms with E-state index in [4.69, 9.17) is 14.2 Å². The number of amides is 1. The van der Waals surface area contributed by atoms with Crippen molar-refractivity contribution < 1.29 is 32.2 Å². The van der Waals surface area contributed by atoms with Gasteiger partial charge in [-0.15, -0.1) is 0 Å². The minimum absolute atomic E-state index is 0.135. The molecule has 0 atom stereocenters. The first-order valence-corrected chi connectivity index (χ1v) is 12.6. The van der Waals surface area contributed by atoms with Crippen LogP contribution in [0.1, 0.15) is 33.1 Å². The number of rotatable bonds is 8. The number of carbonyl (C=O) groups is 2. The summed E-state index contributed by atoms with van der Waals surface area (Å²) >= 11 is 0. The van der Waals surface area contributed by atoms with Crippen molar-refractivity contribution in [2.24, 2.45) is 5.92 Å². The fourth-order valence-electron chi connectivity index (χ4n) is 3.83. The number of carbonyl (C=O) groups excluding carboxylic acids is 2. The fourth-order valence-corrected chi connectivity index (χ4v) is 5.31. The lowest BCUT2D eigenvalue weighted by Gasteiger charge is -2.30. The second-order valence-electron chi connectivity index (χ2n) is 8.31.